The summed E-state index contributed by atoms with van der Waals surface area (Å²) in [5.41, 5.74) is 2.00. The van der Waals surface area contributed by atoms with E-state index in [9.17, 15) is 3.74 Å². The van der Waals surface area contributed by atoms with Crippen molar-refractivity contribution in [2.75, 3.05) is 0 Å². The Morgan fingerprint density at radius 2 is 1.62 bits per heavy atom. The molecule has 1 aliphatic rings. The molecule has 0 aromatic carbocycles. The topological polar surface area (TPSA) is 17.1 Å². The van der Waals surface area contributed by atoms with E-state index in [2.05, 4.69) is 0 Å². The van der Waals surface area contributed by atoms with Crippen molar-refractivity contribution in [3.05, 3.63) is 0 Å². The molecule has 1 saturated heterocycles. The van der Waals surface area contributed by atoms with Crippen molar-refractivity contribution in [2.24, 2.45) is 0 Å². The summed E-state index contributed by atoms with van der Waals surface area (Å²) in [4.78, 5) is 0. The van der Waals surface area contributed by atoms with Gasteiger partial charge in [0.25, 0.3) is 0 Å². The molecule has 0 amide bonds. The third-order valence-corrected chi connectivity index (χ3v) is 7.06. The summed E-state index contributed by atoms with van der Waals surface area (Å²) in [6.07, 6.45) is 3.78. The predicted octanol–water partition coefficient (Wildman–Crippen LogP) is 2.18. The van der Waals surface area contributed by atoms with Crippen LogP contribution in [-0.4, -0.2) is 13.5 Å². The molecule has 1 nitrogen and oxygen atoms in total. The molecule has 2 heteroatoms. The number of hydrogen-bond donors (Lipinski definition) is 0. The van der Waals surface area contributed by atoms with Crippen molar-refractivity contribution in [3.63, 3.8) is 0 Å². The summed E-state index contributed by atoms with van der Waals surface area (Å²) in [5, 5.41) is 2.14. The van der Waals surface area contributed by atoms with Gasteiger partial charge in [0.2, 0.25) is 0 Å². The molecule has 0 atom stereocenters. The fourth-order valence-corrected chi connectivity index (χ4v) is 5.40. The van der Waals surface area contributed by atoms with E-state index in [1.54, 1.807) is 0 Å². The van der Waals surface area contributed by atoms with Gasteiger partial charge in [-0.05, 0) is 0 Å². The van der Waals surface area contributed by atoms with E-state index in [0.717, 1.165) is 10.4 Å². The minimum absolute atomic E-state index is 1.07. The molecule has 0 aliphatic carbocycles. The molecule has 0 N–H and O–H groups in total. The van der Waals surface area contributed by atoms with Crippen LogP contribution >= 0.6 is 0 Å². The quantitative estimate of drug-likeness (QED) is 0.517. The molecule has 0 aromatic rings. The van der Waals surface area contributed by atoms with Crippen LogP contribution in [0.1, 0.15) is 19.3 Å². The van der Waals surface area contributed by atoms with Crippen LogP contribution in [0.25, 0.3) is 0 Å². The van der Waals surface area contributed by atoms with Crippen molar-refractivity contribution in [2.45, 2.75) is 35.4 Å². The maximum atomic E-state index is 11.3. The van der Waals surface area contributed by atoms with E-state index in [1.807, 2.05) is 5.71 Å². The van der Waals surface area contributed by atoms with Gasteiger partial charge >= 0.3 is 52.6 Å². The van der Waals surface area contributed by atoms with Crippen LogP contribution in [0.3, 0.4) is 0 Å². The molecule has 1 rings (SSSR count). The van der Waals surface area contributed by atoms with E-state index < -0.39 is 13.5 Å². The van der Waals surface area contributed by atoms with Crippen LogP contribution in [0, 0.1) is 0 Å². The Bertz CT molecular complexity index is 110. The summed E-state index contributed by atoms with van der Waals surface area (Å²) in [5.74, 6) is 0. The van der Waals surface area contributed by atoms with Gasteiger partial charge in [-0.3, -0.25) is 0 Å². The van der Waals surface area contributed by atoms with Crippen LogP contribution in [0.5, 0.6) is 0 Å². The van der Waals surface area contributed by atoms with Gasteiger partial charge < -0.3 is 0 Å². The van der Waals surface area contributed by atoms with Crippen LogP contribution in [-0.2, 0) is 3.74 Å². The third-order valence-electron chi connectivity index (χ3n) is 1.76. The van der Waals surface area contributed by atoms with Gasteiger partial charge in [0.15, 0.2) is 0 Å². The Hall–Kier alpha value is 0.358. The molecule has 8 heavy (non-hydrogen) atoms. The number of hydrogen-bond acceptors (Lipinski definition) is 1. The van der Waals surface area contributed by atoms with Crippen LogP contribution in [0.4, 0.5) is 0 Å². The van der Waals surface area contributed by atoms with Gasteiger partial charge in [-0.1, -0.05) is 0 Å². The molecule has 0 aromatic heterocycles. The van der Waals surface area contributed by atoms with Gasteiger partial charge in [0.05, 0.1) is 0 Å². The van der Waals surface area contributed by atoms with Crippen molar-refractivity contribution < 1.29 is 3.74 Å². The normalized spacial score (nSPS) is 27.6. The molecule has 48 valence electrons. The molecular formula is C6H13AsO. The fraction of sp³-hybridized carbons (Fsp3) is 1.00. The van der Waals surface area contributed by atoms with Crippen molar-refractivity contribution in [3.8, 4) is 0 Å². The molecule has 0 radical (unpaired) electrons. The van der Waals surface area contributed by atoms with E-state index in [-0.39, 0.29) is 0 Å². The summed E-state index contributed by atoms with van der Waals surface area (Å²) < 4.78 is 11.3. The Kier molecular flexibility index (Phi) is 1.87. The van der Waals surface area contributed by atoms with Crippen molar-refractivity contribution in [1.29, 1.82) is 0 Å². The summed E-state index contributed by atoms with van der Waals surface area (Å²) in [6.45, 7) is 0. The minimum atomic E-state index is -2.14. The maximum absolute atomic E-state index is 11.3. The van der Waals surface area contributed by atoms with Crippen LogP contribution in [0.15, 0.2) is 0 Å². The van der Waals surface area contributed by atoms with E-state index >= 15 is 0 Å². The first-order valence-electron chi connectivity index (χ1n) is 3.26. The second kappa shape index (κ2) is 2.31. The van der Waals surface area contributed by atoms with Gasteiger partial charge in [0.1, 0.15) is 0 Å². The van der Waals surface area contributed by atoms with Crippen LogP contribution in [0.2, 0.25) is 16.1 Å². The van der Waals surface area contributed by atoms with Crippen molar-refractivity contribution >= 4 is 13.5 Å². The molecule has 0 spiro atoms. The Morgan fingerprint density at radius 3 is 1.88 bits per heavy atom. The standard InChI is InChI=1S/C6H13AsO/c1-7(8)5-3-2-4-6-7/h2-6H2,1H3. The van der Waals surface area contributed by atoms with Crippen LogP contribution < -0.4 is 0 Å². The zero-order chi connectivity index (χ0) is 6.04. The van der Waals surface area contributed by atoms with Gasteiger partial charge in [-0.2, -0.15) is 0 Å². The predicted molar refractivity (Wildman–Crippen MR) is 35.8 cm³/mol. The fourth-order valence-electron chi connectivity index (χ4n) is 1.18. The zero-order valence-corrected chi connectivity index (χ0v) is 7.27. The molecular weight excluding hydrogens is 163 g/mol. The van der Waals surface area contributed by atoms with E-state index in [4.69, 9.17) is 0 Å². The summed E-state index contributed by atoms with van der Waals surface area (Å²) >= 11 is -2.14. The Labute approximate surface area is 53.1 Å². The Morgan fingerprint density at radius 1 is 1.12 bits per heavy atom. The SMILES string of the molecule is C[As]1(=O)CCCCC1. The second-order valence-electron chi connectivity index (χ2n) is 2.80. The molecule has 1 aliphatic heterocycles. The van der Waals surface area contributed by atoms with Gasteiger partial charge in [0, 0.05) is 0 Å². The molecule has 0 bridgehead atoms. The zero-order valence-electron chi connectivity index (χ0n) is 5.39. The van der Waals surface area contributed by atoms with Gasteiger partial charge in [-0.25, -0.2) is 0 Å². The average molecular weight is 176 g/mol. The van der Waals surface area contributed by atoms with Gasteiger partial charge in [-0.15, -0.1) is 0 Å². The summed E-state index contributed by atoms with van der Waals surface area (Å²) in [7, 11) is 0. The monoisotopic (exact) mass is 176 g/mol. The Balaban J connectivity index is 2.45. The first kappa shape index (κ1) is 6.48. The van der Waals surface area contributed by atoms with Crippen molar-refractivity contribution in [1.82, 2.24) is 0 Å². The average Bonchev–Trinajstić information content (AvgIpc) is 1.65. The second-order valence-corrected chi connectivity index (χ2v) is 10.1. The molecule has 1 heterocycles. The molecule has 0 saturated carbocycles. The third kappa shape index (κ3) is 1.70. The molecule has 1 fully saturated rings. The first-order chi connectivity index (χ1) is 3.71. The number of rotatable bonds is 0. The summed E-state index contributed by atoms with van der Waals surface area (Å²) in [6, 6.07) is 0. The first-order valence-corrected chi connectivity index (χ1v) is 8.56. The van der Waals surface area contributed by atoms with E-state index in [0.29, 0.717) is 0 Å². The molecule has 0 unspecified atom stereocenters. The van der Waals surface area contributed by atoms with E-state index in [1.165, 1.54) is 19.3 Å².